The van der Waals surface area contributed by atoms with Gasteiger partial charge in [0, 0.05) is 38.1 Å². The largest absolute Gasteiger partial charge is 0.354 e. The van der Waals surface area contributed by atoms with Crippen molar-refractivity contribution in [1.82, 2.24) is 15.1 Å². The van der Waals surface area contributed by atoms with Crippen LogP contribution in [0.2, 0.25) is 0 Å². The van der Waals surface area contributed by atoms with Gasteiger partial charge in [-0.15, -0.1) is 0 Å². The quantitative estimate of drug-likeness (QED) is 0.811. The SMILES string of the molecule is O=C1C[C@H]2CC[C@@H](CN1)N2CC(=O)N1CCCCCC1. The monoisotopic (exact) mass is 279 g/mol. The topological polar surface area (TPSA) is 52.7 Å². The van der Waals surface area contributed by atoms with Crippen LogP contribution in [0.5, 0.6) is 0 Å². The molecule has 2 amide bonds. The maximum Gasteiger partial charge on any atom is 0.236 e. The highest BCUT2D eigenvalue weighted by molar-refractivity contribution is 5.79. The third-order valence-corrected chi connectivity index (χ3v) is 5.00. The minimum atomic E-state index is 0.143. The normalized spacial score (nSPS) is 31.6. The van der Waals surface area contributed by atoms with Crippen LogP contribution in [0.3, 0.4) is 0 Å². The first-order valence-electron chi connectivity index (χ1n) is 8.04. The zero-order valence-electron chi connectivity index (χ0n) is 12.1. The van der Waals surface area contributed by atoms with Crippen LogP contribution < -0.4 is 5.32 Å². The molecule has 20 heavy (non-hydrogen) atoms. The molecule has 2 atom stereocenters. The molecule has 2 bridgehead atoms. The van der Waals surface area contributed by atoms with E-state index in [1.807, 2.05) is 4.90 Å². The van der Waals surface area contributed by atoms with E-state index in [1.165, 1.54) is 12.8 Å². The maximum absolute atomic E-state index is 12.5. The molecule has 3 rings (SSSR count). The molecule has 3 saturated heterocycles. The van der Waals surface area contributed by atoms with E-state index in [0.29, 0.717) is 25.6 Å². The van der Waals surface area contributed by atoms with Crippen LogP contribution in [0.15, 0.2) is 0 Å². The summed E-state index contributed by atoms with van der Waals surface area (Å²) in [6.07, 6.45) is 7.50. The summed E-state index contributed by atoms with van der Waals surface area (Å²) >= 11 is 0. The zero-order valence-corrected chi connectivity index (χ0v) is 12.1. The van der Waals surface area contributed by atoms with Gasteiger partial charge in [-0.1, -0.05) is 12.8 Å². The molecule has 5 heteroatoms. The molecule has 0 radical (unpaired) electrons. The highest BCUT2D eigenvalue weighted by Crippen LogP contribution is 2.28. The molecular formula is C15H25N3O2. The Morgan fingerprint density at radius 3 is 2.55 bits per heavy atom. The first kappa shape index (κ1) is 13.9. The molecule has 3 aliphatic rings. The number of nitrogens with one attached hydrogen (secondary N) is 1. The molecule has 5 nitrogen and oxygen atoms in total. The Labute approximate surface area is 120 Å². The molecule has 3 fully saturated rings. The summed E-state index contributed by atoms with van der Waals surface area (Å²) in [6, 6.07) is 0.640. The zero-order chi connectivity index (χ0) is 13.9. The fraction of sp³-hybridized carbons (Fsp3) is 0.867. The average molecular weight is 279 g/mol. The Hall–Kier alpha value is -1.10. The van der Waals surface area contributed by atoms with Crippen LogP contribution in [-0.4, -0.2) is 59.9 Å². The van der Waals surface area contributed by atoms with Crippen molar-refractivity contribution in [2.24, 2.45) is 0 Å². The Morgan fingerprint density at radius 2 is 1.80 bits per heavy atom. The Bertz CT molecular complexity index is 377. The highest BCUT2D eigenvalue weighted by Gasteiger charge is 2.38. The van der Waals surface area contributed by atoms with E-state index in [1.54, 1.807) is 0 Å². The van der Waals surface area contributed by atoms with Gasteiger partial charge in [-0.3, -0.25) is 14.5 Å². The van der Waals surface area contributed by atoms with Crippen molar-refractivity contribution in [3.63, 3.8) is 0 Å². The van der Waals surface area contributed by atoms with Gasteiger partial charge in [0.1, 0.15) is 0 Å². The van der Waals surface area contributed by atoms with Crippen LogP contribution in [-0.2, 0) is 9.59 Å². The lowest BCUT2D eigenvalue weighted by Gasteiger charge is -2.29. The van der Waals surface area contributed by atoms with Crippen LogP contribution >= 0.6 is 0 Å². The Kier molecular flexibility index (Phi) is 4.24. The molecule has 3 aliphatic heterocycles. The first-order chi connectivity index (χ1) is 9.74. The van der Waals surface area contributed by atoms with Gasteiger partial charge < -0.3 is 10.2 Å². The van der Waals surface area contributed by atoms with E-state index < -0.39 is 0 Å². The fourth-order valence-corrected chi connectivity index (χ4v) is 3.81. The number of hydrogen-bond donors (Lipinski definition) is 1. The van der Waals surface area contributed by atoms with Crippen molar-refractivity contribution in [2.45, 2.75) is 57.0 Å². The highest BCUT2D eigenvalue weighted by atomic mass is 16.2. The van der Waals surface area contributed by atoms with Crippen molar-refractivity contribution in [1.29, 1.82) is 0 Å². The number of hydrogen-bond acceptors (Lipinski definition) is 3. The number of fused-ring (bicyclic) bond motifs is 2. The molecule has 0 spiro atoms. The minimum absolute atomic E-state index is 0.143. The van der Waals surface area contributed by atoms with Crippen LogP contribution in [0, 0.1) is 0 Å². The van der Waals surface area contributed by atoms with Gasteiger partial charge >= 0.3 is 0 Å². The van der Waals surface area contributed by atoms with Gasteiger partial charge in [0.05, 0.1) is 6.54 Å². The van der Waals surface area contributed by atoms with Crippen LogP contribution in [0.1, 0.15) is 44.9 Å². The third kappa shape index (κ3) is 2.97. The van der Waals surface area contributed by atoms with Crippen molar-refractivity contribution in [3.8, 4) is 0 Å². The summed E-state index contributed by atoms with van der Waals surface area (Å²) < 4.78 is 0. The predicted molar refractivity (Wildman–Crippen MR) is 76.2 cm³/mol. The van der Waals surface area contributed by atoms with Gasteiger partial charge in [0.25, 0.3) is 0 Å². The predicted octanol–water partition coefficient (Wildman–Crippen LogP) is 0.742. The standard InChI is InChI=1S/C15H25N3O2/c19-14-9-12-5-6-13(10-16-14)18(12)11-15(20)17-7-3-1-2-4-8-17/h12-13H,1-11H2,(H,16,19)/t12-,13+/m1/s1. The first-order valence-corrected chi connectivity index (χ1v) is 8.04. The second-order valence-corrected chi connectivity index (χ2v) is 6.36. The molecule has 0 aromatic heterocycles. The molecular weight excluding hydrogens is 254 g/mol. The molecule has 1 N–H and O–H groups in total. The summed E-state index contributed by atoms with van der Waals surface area (Å²) in [5.74, 6) is 0.405. The van der Waals surface area contributed by atoms with Gasteiger partial charge in [-0.05, 0) is 25.7 Å². The van der Waals surface area contributed by atoms with Gasteiger partial charge in [-0.2, -0.15) is 0 Å². The summed E-state index contributed by atoms with van der Waals surface area (Å²) in [5.41, 5.74) is 0. The van der Waals surface area contributed by atoms with E-state index in [-0.39, 0.29) is 17.9 Å². The summed E-state index contributed by atoms with van der Waals surface area (Å²) in [6.45, 7) is 3.05. The van der Waals surface area contributed by atoms with Gasteiger partial charge in [0.15, 0.2) is 0 Å². The molecule has 0 aromatic carbocycles. The second kappa shape index (κ2) is 6.12. The van der Waals surface area contributed by atoms with Crippen molar-refractivity contribution < 1.29 is 9.59 Å². The summed E-state index contributed by atoms with van der Waals surface area (Å²) in [4.78, 5) is 28.4. The number of nitrogens with zero attached hydrogens (tertiary/aromatic N) is 2. The minimum Gasteiger partial charge on any atom is -0.354 e. The number of rotatable bonds is 2. The summed E-state index contributed by atoms with van der Waals surface area (Å²) in [5, 5.41) is 2.96. The van der Waals surface area contributed by atoms with E-state index in [2.05, 4.69) is 10.2 Å². The second-order valence-electron chi connectivity index (χ2n) is 6.36. The fourth-order valence-electron chi connectivity index (χ4n) is 3.81. The summed E-state index contributed by atoms with van der Waals surface area (Å²) in [7, 11) is 0. The maximum atomic E-state index is 12.5. The number of carbonyl (C=O) groups is 2. The van der Waals surface area contributed by atoms with E-state index in [0.717, 1.165) is 38.8 Å². The third-order valence-electron chi connectivity index (χ3n) is 5.00. The lowest BCUT2D eigenvalue weighted by Crippen LogP contribution is -2.46. The van der Waals surface area contributed by atoms with Gasteiger partial charge in [-0.25, -0.2) is 0 Å². The average Bonchev–Trinajstić information content (AvgIpc) is 2.61. The van der Waals surface area contributed by atoms with Crippen molar-refractivity contribution >= 4 is 11.8 Å². The molecule has 112 valence electrons. The molecule has 0 saturated carbocycles. The van der Waals surface area contributed by atoms with Gasteiger partial charge in [0.2, 0.25) is 11.8 Å². The Morgan fingerprint density at radius 1 is 1.10 bits per heavy atom. The lowest BCUT2D eigenvalue weighted by atomic mass is 10.1. The van der Waals surface area contributed by atoms with Crippen molar-refractivity contribution in [2.75, 3.05) is 26.2 Å². The Balaban J connectivity index is 1.61. The number of amides is 2. The number of carbonyl (C=O) groups excluding carboxylic acids is 2. The van der Waals surface area contributed by atoms with Crippen LogP contribution in [0.25, 0.3) is 0 Å². The van der Waals surface area contributed by atoms with E-state index >= 15 is 0 Å². The number of likely N-dealkylation sites (tertiary alicyclic amines) is 1. The van der Waals surface area contributed by atoms with Crippen molar-refractivity contribution in [3.05, 3.63) is 0 Å². The van der Waals surface area contributed by atoms with E-state index in [9.17, 15) is 9.59 Å². The molecule has 0 aliphatic carbocycles. The molecule has 0 unspecified atom stereocenters. The van der Waals surface area contributed by atoms with E-state index in [4.69, 9.17) is 0 Å². The molecule has 3 heterocycles. The smallest absolute Gasteiger partial charge is 0.236 e. The lowest BCUT2D eigenvalue weighted by molar-refractivity contribution is -0.133. The van der Waals surface area contributed by atoms with Crippen LogP contribution in [0.4, 0.5) is 0 Å². The molecule has 0 aromatic rings.